The van der Waals surface area contributed by atoms with Gasteiger partial charge in [-0.05, 0) is 36.1 Å². The Morgan fingerprint density at radius 1 is 1.33 bits per heavy atom. The van der Waals surface area contributed by atoms with Crippen molar-refractivity contribution in [2.75, 3.05) is 11.1 Å². The summed E-state index contributed by atoms with van der Waals surface area (Å²) < 4.78 is 13.4. The standard InChI is InChI=1S/C15H14ClFN2S2/c1-2-21-13-5-3-4-11(14(13)15(18)20)19-12-8-9(17)6-7-10(12)16/h3-8,19H,2H2,1H3,(H2,18,20). The highest BCUT2D eigenvalue weighted by Gasteiger charge is 2.12. The Bertz CT molecular complexity index is 677. The van der Waals surface area contributed by atoms with Crippen molar-refractivity contribution in [2.24, 2.45) is 5.73 Å². The van der Waals surface area contributed by atoms with Crippen LogP contribution < -0.4 is 11.1 Å². The van der Waals surface area contributed by atoms with Crippen LogP contribution in [-0.2, 0) is 0 Å². The fourth-order valence-corrected chi connectivity index (χ4v) is 3.20. The van der Waals surface area contributed by atoms with E-state index in [0.717, 1.165) is 16.2 Å². The molecule has 0 saturated heterocycles. The second kappa shape index (κ2) is 7.11. The Morgan fingerprint density at radius 2 is 2.10 bits per heavy atom. The second-order valence-electron chi connectivity index (χ2n) is 4.23. The summed E-state index contributed by atoms with van der Waals surface area (Å²) in [7, 11) is 0. The smallest absolute Gasteiger partial charge is 0.125 e. The third kappa shape index (κ3) is 3.87. The molecule has 2 aromatic rings. The van der Waals surface area contributed by atoms with Crippen LogP contribution in [0.25, 0.3) is 0 Å². The van der Waals surface area contributed by atoms with Gasteiger partial charge in [-0.2, -0.15) is 0 Å². The van der Waals surface area contributed by atoms with E-state index in [1.165, 1.54) is 18.2 Å². The van der Waals surface area contributed by atoms with Gasteiger partial charge in [0.2, 0.25) is 0 Å². The van der Waals surface area contributed by atoms with Crippen molar-refractivity contribution >= 4 is 51.9 Å². The molecule has 0 aliphatic carbocycles. The first-order valence-corrected chi connectivity index (χ1v) is 8.07. The molecule has 0 atom stereocenters. The molecule has 0 heterocycles. The molecule has 0 bridgehead atoms. The Kier molecular flexibility index (Phi) is 5.45. The predicted molar refractivity (Wildman–Crippen MR) is 93.4 cm³/mol. The largest absolute Gasteiger partial charge is 0.389 e. The topological polar surface area (TPSA) is 38.0 Å². The Balaban J connectivity index is 2.46. The van der Waals surface area contributed by atoms with Crippen LogP contribution >= 0.6 is 35.6 Å². The molecule has 3 N–H and O–H groups in total. The number of thiocarbonyl (C=S) groups is 1. The zero-order chi connectivity index (χ0) is 15.4. The first-order valence-electron chi connectivity index (χ1n) is 6.30. The van der Waals surface area contributed by atoms with E-state index < -0.39 is 0 Å². The molecular weight excluding hydrogens is 327 g/mol. The summed E-state index contributed by atoms with van der Waals surface area (Å²) in [5.74, 6) is 0.539. The number of nitrogens with two attached hydrogens (primary N) is 1. The normalized spacial score (nSPS) is 10.4. The molecule has 0 aliphatic rings. The molecule has 0 aromatic heterocycles. The van der Waals surface area contributed by atoms with E-state index >= 15 is 0 Å². The molecule has 0 radical (unpaired) electrons. The first kappa shape index (κ1) is 16.1. The van der Waals surface area contributed by atoms with E-state index in [0.29, 0.717) is 21.4 Å². The lowest BCUT2D eigenvalue weighted by Gasteiger charge is -2.15. The molecule has 0 saturated carbocycles. The van der Waals surface area contributed by atoms with E-state index in [4.69, 9.17) is 29.6 Å². The van der Waals surface area contributed by atoms with Gasteiger partial charge in [0, 0.05) is 16.1 Å². The maximum atomic E-state index is 13.4. The van der Waals surface area contributed by atoms with Gasteiger partial charge in [-0.1, -0.05) is 36.8 Å². The number of anilines is 2. The maximum absolute atomic E-state index is 13.4. The minimum atomic E-state index is -0.363. The van der Waals surface area contributed by atoms with Gasteiger partial charge in [-0.3, -0.25) is 0 Å². The van der Waals surface area contributed by atoms with Gasteiger partial charge >= 0.3 is 0 Å². The van der Waals surface area contributed by atoms with E-state index in [1.54, 1.807) is 11.8 Å². The summed E-state index contributed by atoms with van der Waals surface area (Å²) in [5.41, 5.74) is 7.78. The van der Waals surface area contributed by atoms with Crippen LogP contribution in [0.4, 0.5) is 15.8 Å². The average Bonchev–Trinajstić information content (AvgIpc) is 2.43. The Morgan fingerprint density at radius 3 is 2.76 bits per heavy atom. The van der Waals surface area contributed by atoms with Crippen molar-refractivity contribution in [2.45, 2.75) is 11.8 Å². The third-order valence-corrected chi connectivity index (χ3v) is 4.24. The number of hydrogen-bond donors (Lipinski definition) is 2. The average molecular weight is 341 g/mol. The maximum Gasteiger partial charge on any atom is 0.125 e. The van der Waals surface area contributed by atoms with Gasteiger partial charge in [0.1, 0.15) is 10.8 Å². The van der Waals surface area contributed by atoms with E-state index in [9.17, 15) is 4.39 Å². The van der Waals surface area contributed by atoms with Crippen LogP contribution in [0.2, 0.25) is 5.02 Å². The summed E-state index contributed by atoms with van der Waals surface area (Å²) in [6, 6.07) is 9.85. The first-order chi connectivity index (χ1) is 10.0. The van der Waals surface area contributed by atoms with Crippen LogP contribution in [0.1, 0.15) is 12.5 Å². The van der Waals surface area contributed by atoms with Crippen molar-refractivity contribution < 1.29 is 4.39 Å². The van der Waals surface area contributed by atoms with Crippen molar-refractivity contribution in [1.82, 2.24) is 0 Å². The molecule has 0 fully saturated rings. The van der Waals surface area contributed by atoms with Gasteiger partial charge < -0.3 is 11.1 Å². The summed E-state index contributed by atoms with van der Waals surface area (Å²) in [4.78, 5) is 1.28. The van der Waals surface area contributed by atoms with Gasteiger partial charge in [0.25, 0.3) is 0 Å². The van der Waals surface area contributed by atoms with Crippen LogP contribution in [0.5, 0.6) is 0 Å². The highest BCUT2D eigenvalue weighted by molar-refractivity contribution is 7.99. The third-order valence-electron chi connectivity index (χ3n) is 2.77. The minimum absolute atomic E-state index is 0.293. The molecule has 0 unspecified atom stereocenters. The molecule has 0 aliphatic heterocycles. The van der Waals surface area contributed by atoms with Gasteiger partial charge in [0.15, 0.2) is 0 Å². The van der Waals surface area contributed by atoms with Gasteiger partial charge in [-0.15, -0.1) is 11.8 Å². The summed E-state index contributed by atoms with van der Waals surface area (Å²) in [5, 5.41) is 3.54. The van der Waals surface area contributed by atoms with Crippen LogP contribution in [0.15, 0.2) is 41.3 Å². The van der Waals surface area contributed by atoms with Crippen molar-refractivity contribution in [1.29, 1.82) is 0 Å². The number of rotatable bonds is 5. The van der Waals surface area contributed by atoms with E-state index in [2.05, 4.69) is 12.2 Å². The monoisotopic (exact) mass is 340 g/mol. The highest BCUT2D eigenvalue weighted by Crippen LogP contribution is 2.32. The van der Waals surface area contributed by atoms with Crippen molar-refractivity contribution in [3.8, 4) is 0 Å². The Labute approximate surface area is 137 Å². The zero-order valence-electron chi connectivity index (χ0n) is 11.3. The fraction of sp³-hybridized carbons (Fsp3) is 0.133. The highest BCUT2D eigenvalue weighted by atomic mass is 35.5. The van der Waals surface area contributed by atoms with Crippen LogP contribution in [-0.4, -0.2) is 10.7 Å². The molecule has 0 spiro atoms. The van der Waals surface area contributed by atoms with Gasteiger partial charge in [-0.25, -0.2) is 4.39 Å². The number of halogens is 2. The van der Waals surface area contributed by atoms with E-state index in [-0.39, 0.29) is 5.82 Å². The molecule has 110 valence electrons. The number of thioether (sulfide) groups is 1. The predicted octanol–water partition coefficient (Wildman–Crippen LogP) is 4.97. The zero-order valence-corrected chi connectivity index (χ0v) is 13.7. The van der Waals surface area contributed by atoms with Crippen molar-refractivity contribution in [3.63, 3.8) is 0 Å². The minimum Gasteiger partial charge on any atom is -0.389 e. The fourth-order valence-electron chi connectivity index (χ4n) is 1.90. The number of benzene rings is 2. The van der Waals surface area contributed by atoms with Crippen LogP contribution in [0, 0.1) is 5.82 Å². The quantitative estimate of drug-likeness (QED) is 0.595. The molecule has 2 aromatic carbocycles. The van der Waals surface area contributed by atoms with Gasteiger partial charge in [0.05, 0.1) is 10.7 Å². The van der Waals surface area contributed by atoms with Crippen molar-refractivity contribution in [3.05, 3.63) is 52.8 Å². The summed E-state index contributed by atoms with van der Waals surface area (Å²) >= 11 is 12.9. The molecular formula is C15H14ClFN2S2. The molecule has 0 amide bonds. The second-order valence-corrected chi connectivity index (χ2v) is 6.38. The summed E-state index contributed by atoms with van der Waals surface area (Å²) in [6.07, 6.45) is 0. The molecule has 21 heavy (non-hydrogen) atoms. The number of hydrogen-bond acceptors (Lipinski definition) is 3. The summed E-state index contributed by atoms with van der Waals surface area (Å²) in [6.45, 7) is 2.05. The lowest BCUT2D eigenvalue weighted by atomic mass is 10.1. The lowest BCUT2D eigenvalue weighted by Crippen LogP contribution is -2.13. The molecule has 2 rings (SSSR count). The SMILES string of the molecule is CCSc1cccc(Nc2cc(F)ccc2Cl)c1C(N)=S. The lowest BCUT2D eigenvalue weighted by molar-refractivity contribution is 0.628. The number of nitrogens with one attached hydrogen (secondary N) is 1. The molecule has 2 nitrogen and oxygen atoms in total. The Hall–Kier alpha value is -1.30. The van der Waals surface area contributed by atoms with Crippen LogP contribution in [0.3, 0.4) is 0 Å². The van der Waals surface area contributed by atoms with E-state index in [1.807, 2.05) is 18.2 Å². The molecule has 6 heteroatoms.